The summed E-state index contributed by atoms with van der Waals surface area (Å²) in [6, 6.07) is 10.7. The molecule has 0 saturated carbocycles. The zero-order chi connectivity index (χ0) is 18.1. The van der Waals surface area contributed by atoms with E-state index in [2.05, 4.69) is 41.2 Å². The van der Waals surface area contributed by atoms with Crippen molar-refractivity contribution in [3.63, 3.8) is 0 Å². The Morgan fingerprint density at radius 3 is 2.88 bits per heavy atom. The van der Waals surface area contributed by atoms with Crippen LogP contribution in [-0.4, -0.2) is 46.6 Å². The highest BCUT2D eigenvalue weighted by atomic mass is 16.5. The van der Waals surface area contributed by atoms with Crippen molar-refractivity contribution < 1.29 is 14.4 Å². The summed E-state index contributed by atoms with van der Waals surface area (Å²) >= 11 is 0. The summed E-state index contributed by atoms with van der Waals surface area (Å²) < 4.78 is 11.3. The van der Waals surface area contributed by atoms with E-state index in [1.807, 2.05) is 13.0 Å². The lowest BCUT2D eigenvalue weighted by Crippen LogP contribution is -2.52. The van der Waals surface area contributed by atoms with Crippen LogP contribution in [0.3, 0.4) is 0 Å². The van der Waals surface area contributed by atoms with Crippen LogP contribution >= 0.6 is 0 Å². The van der Waals surface area contributed by atoms with E-state index in [1.165, 1.54) is 5.56 Å². The highest BCUT2D eigenvalue weighted by Gasteiger charge is 2.44. The Kier molecular flexibility index (Phi) is 4.86. The van der Waals surface area contributed by atoms with Gasteiger partial charge in [-0.25, -0.2) is 0 Å². The Hall–Kier alpha value is -1.69. The first kappa shape index (κ1) is 17.7. The van der Waals surface area contributed by atoms with E-state index >= 15 is 0 Å². The van der Waals surface area contributed by atoms with Gasteiger partial charge in [-0.1, -0.05) is 35.0 Å². The number of likely N-dealkylation sites (tertiary alicyclic amines) is 1. The van der Waals surface area contributed by atoms with Crippen molar-refractivity contribution in [2.75, 3.05) is 19.8 Å². The molecule has 4 rings (SSSR count). The number of aromatic nitrogens is 1. The minimum atomic E-state index is -0.653. The van der Waals surface area contributed by atoms with E-state index < -0.39 is 5.60 Å². The molecule has 3 atom stereocenters. The van der Waals surface area contributed by atoms with Crippen LogP contribution in [0.15, 0.2) is 34.9 Å². The lowest BCUT2D eigenvalue weighted by atomic mass is 9.79. The van der Waals surface area contributed by atoms with Crippen molar-refractivity contribution in [2.24, 2.45) is 5.92 Å². The molecule has 2 saturated heterocycles. The van der Waals surface area contributed by atoms with Crippen LogP contribution in [0.25, 0.3) is 11.3 Å². The van der Waals surface area contributed by atoms with Crippen LogP contribution in [-0.2, 0) is 11.3 Å². The third-order valence-electron chi connectivity index (χ3n) is 5.99. The molecule has 0 radical (unpaired) electrons. The summed E-state index contributed by atoms with van der Waals surface area (Å²) in [7, 11) is 0. The van der Waals surface area contributed by atoms with Gasteiger partial charge < -0.3 is 14.4 Å². The molecular formula is C21H28N2O3. The van der Waals surface area contributed by atoms with E-state index in [-0.39, 0.29) is 5.92 Å². The highest BCUT2D eigenvalue weighted by Crippen LogP contribution is 2.36. The predicted molar refractivity (Wildman–Crippen MR) is 99.7 cm³/mol. The molecule has 0 bridgehead atoms. The lowest BCUT2D eigenvalue weighted by Gasteiger charge is -2.43. The standard InChI is InChI=1S/C21H28N2O3/c1-15-5-7-16(8-6-15)19-12-17(26-22-19)13-23-10-3-4-20(23)18-14-25-11-9-21(18,2)24/h5-8,12,18,20,24H,3-4,9-11,13-14H2,1-2H3/t18-,20-,21-/m1/s1. The quantitative estimate of drug-likeness (QED) is 0.910. The number of hydrogen-bond donors (Lipinski definition) is 1. The molecule has 0 unspecified atom stereocenters. The van der Waals surface area contributed by atoms with Gasteiger partial charge in [-0.3, -0.25) is 4.90 Å². The predicted octanol–water partition coefficient (Wildman–Crippen LogP) is 3.40. The zero-order valence-corrected chi connectivity index (χ0v) is 15.6. The van der Waals surface area contributed by atoms with Crippen LogP contribution in [0, 0.1) is 12.8 Å². The van der Waals surface area contributed by atoms with Crippen LogP contribution in [0.4, 0.5) is 0 Å². The monoisotopic (exact) mass is 356 g/mol. The van der Waals surface area contributed by atoms with Gasteiger partial charge in [0.15, 0.2) is 5.76 Å². The summed E-state index contributed by atoms with van der Waals surface area (Å²) in [6.07, 6.45) is 2.96. The molecule has 2 aromatic rings. The Balaban J connectivity index is 1.47. The second kappa shape index (κ2) is 7.14. The molecule has 5 heteroatoms. The van der Waals surface area contributed by atoms with E-state index in [4.69, 9.17) is 9.26 Å². The average Bonchev–Trinajstić information content (AvgIpc) is 3.25. The number of rotatable bonds is 4. The molecule has 1 aromatic carbocycles. The first-order chi connectivity index (χ1) is 12.5. The largest absolute Gasteiger partial charge is 0.390 e. The van der Waals surface area contributed by atoms with Crippen molar-refractivity contribution in [1.29, 1.82) is 0 Å². The molecule has 26 heavy (non-hydrogen) atoms. The van der Waals surface area contributed by atoms with Gasteiger partial charge in [-0.15, -0.1) is 0 Å². The minimum absolute atomic E-state index is 0.151. The molecule has 2 aliphatic rings. The van der Waals surface area contributed by atoms with Crippen molar-refractivity contribution >= 4 is 0 Å². The van der Waals surface area contributed by atoms with Crippen LogP contribution in [0.5, 0.6) is 0 Å². The molecule has 5 nitrogen and oxygen atoms in total. The fourth-order valence-electron chi connectivity index (χ4n) is 4.33. The highest BCUT2D eigenvalue weighted by molar-refractivity contribution is 5.59. The van der Waals surface area contributed by atoms with Gasteiger partial charge in [0.1, 0.15) is 5.69 Å². The number of ether oxygens (including phenoxy) is 1. The van der Waals surface area contributed by atoms with Gasteiger partial charge in [-0.05, 0) is 39.7 Å². The Bertz CT molecular complexity index is 738. The lowest BCUT2D eigenvalue weighted by molar-refractivity contribution is -0.124. The minimum Gasteiger partial charge on any atom is -0.390 e. The zero-order valence-electron chi connectivity index (χ0n) is 15.6. The van der Waals surface area contributed by atoms with Gasteiger partial charge in [0.25, 0.3) is 0 Å². The van der Waals surface area contributed by atoms with Gasteiger partial charge in [-0.2, -0.15) is 0 Å². The Labute approximate surface area is 154 Å². The van der Waals surface area contributed by atoms with Gasteiger partial charge in [0.05, 0.1) is 18.8 Å². The summed E-state index contributed by atoms with van der Waals surface area (Å²) in [6.45, 7) is 7.08. The normalized spacial score (nSPS) is 30.0. The SMILES string of the molecule is Cc1ccc(-c2cc(CN3CCC[C@@H]3[C@H]3COCC[C@@]3(C)O)on2)cc1. The molecule has 0 spiro atoms. The first-order valence-corrected chi connectivity index (χ1v) is 9.60. The maximum absolute atomic E-state index is 10.8. The first-order valence-electron chi connectivity index (χ1n) is 9.60. The second-order valence-electron chi connectivity index (χ2n) is 8.01. The smallest absolute Gasteiger partial charge is 0.151 e. The number of hydrogen-bond acceptors (Lipinski definition) is 5. The van der Waals surface area contributed by atoms with Gasteiger partial charge >= 0.3 is 0 Å². The van der Waals surface area contributed by atoms with Crippen LogP contribution in [0.1, 0.15) is 37.5 Å². The van der Waals surface area contributed by atoms with Gasteiger partial charge in [0, 0.05) is 30.2 Å². The maximum atomic E-state index is 10.8. The van der Waals surface area contributed by atoms with Crippen molar-refractivity contribution in [1.82, 2.24) is 10.1 Å². The molecule has 3 heterocycles. The topological polar surface area (TPSA) is 58.7 Å². The molecule has 2 aliphatic heterocycles. The van der Waals surface area contributed by atoms with Crippen LogP contribution < -0.4 is 0 Å². The van der Waals surface area contributed by atoms with Gasteiger partial charge in [0.2, 0.25) is 0 Å². The molecule has 0 aliphatic carbocycles. The Morgan fingerprint density at radius 1 is 1.31 bits per heavy atom. The van der Waals surface area contributed by atoms with Crippen molar-refractivity contribution in [3.8, 4) is 11.3 Å². The number of nitrogens with zero attached hydrogens (tertiary/aromatic N) is 2. The summed E-state index contributed by atoms with van der Waals surface area (Å²) in [5.74, 6) is 1.03. The number of benzene rings is 1. The molecule has 1 N–H and O–H groups in total. The third kappa shape index (κ3) is 3.56. The van der Waals surface area contributed by atoms with Crippen LogP contribution in [0.2, 0.25) is 0 Å². The van der Waals surface area contributed by atoms with E-state index in [9.17, 15) is 5.11 Å². The second-order valence-corrected chi connectivity index (χ2v) is 8.01. The van der Waals surface area contributed by atoms with E-state index in [0.717, 1.165) is 42.9 Å². The number of aryl methyl sites for hydroxylation is 1. The average molecular weight is 356 g/mol. The van der Waals surface area contributed by atoms with E-state index in [0.29, 0.717) is 25.7 Å². The molecular weight excluding hydrogens is 328 g/mol. The molecule has 1 aromatic heterocycles. The van der Waals surface area contributed by atoms with E-state index in [1.54, 1.807) is 0 Å². The maximum Gasteiger partial charge on any atom is 0.151 e. The fourth-order valence-corrected chi connectivity index (χ4v) is 4.33. The van der Waals surface area contributed by atoms with Crippen molar-refractivity contribution in [3.05, 3.63) is 41.7 Å². The number of aliphatic hydroxyl groups is 1. The summed E-state index contributed by atoms with van der Waals surface area (Å²) in [4.78, 5) is 2.42. The molecule has 0 amide bonds. The third-order valence-corrected chi connectivity index (χ3v) is 5.99. The molecule has 140 valence electrons. The summed E-state index contributed by atoms with van der Waals surface area (Å²) in [5, 5.41) is 15.1. The summed E-state index contributed by atoms with van der Waals surface area (Å²) in [5.41, 5.74) is 2.54. The Morgan fingerprint density at radius 2 is 2.12 bits per heavy atom. The molecule has 2 fully saturated rings. The van der Waals surface area contributed by atoms with Crippen molar-refractivity contribution in [2.45, 2.75) is 51.3 Å². The fraction of sp³-hybridized carbons (Fsp3) is 0.571.